The van der Waals surface area contributed by atoms with E-state index in [1.165, 1.54) is 12.8 Å². The third-order valence-electron chi connectivity index (χ3n) is 2.76. The van der Waals surface area contributed by atoms with Gasteiger partial charge in [-0.2, -0.15) is 0 Å². The molecule has 2 heteroatoms. The SMILES string of the molecule is COCc1ccc(C(=O)CC2CC2)cc1. The summed E-state index contributed by atoms with van der Waals surface area (Å²) in [7, 11) is 1.67. The number of carbonyl (C=O) groups excluding carboxylic acids is 1. The zero-order valence-corrected chi connectivity index (χ0v) is 9.03. The minimum Gasteiger partial charge on any atom is -0.380 e. The fraction of sp³-hybridized carbons (Fsp3) is 0.462. The average Bonchev–Trinajstić information content (AvgIpc) is 3.03. The average molecular weight is 204 g/mol. The van der Waals surface area contributed by atoms with E-state index >= 15 is 0 Å². The summed E-state index contributed by atoms with van der Waals surface area (Å²) >= 11 is 0. The zero-order chi connectivity index (χ0) is 10.7. The monoisotopic (exact) mass is 204 g/mol. The Balaban J connectivity index is 1.98. The second-order valence-corrected chi connectivity index (χ2v) is 4.20. The third kappa shape index (κ3) is 2.90. The van der Waals surface area contributed by atoms with Crippen molar-refractivity contribution in [1.82, 2.24) is 0 Å². The van der Waals surface area contributed by atoms with Gasteiger partial charge in [-0.3, -0.25) is 4.79 Å². The van der Waals surface area contributed by atoms with Crippen LogP contribution in [-0.2, 0) is 11.3 Å². The summed E-state index contributed by atoms with van der Waals surface area (Å²) in [6.07, 6.45) is 3.19. The molecule has 2 nitrogen and oxygen atoms in total. The Labute approximate surface area is 90.3 Å². The molecule has 0 aromatic heterocycles. The normalized spacial score (nSPS) is 15.3. The summed E-state index contributed by atoms with van der Waals surface area (Å²) in [5.74, 6) is 0.942. The van der Waals surface area contributed by atoms with Crippen LogP contribution in [0.3, 0.4) is 0 Å². The first kappa shape index (κ1) is 10.4. The van der Waals surface area contributed by atoms with Crippen molar-refractivity contribution in [2.75, 3.05) is 7.11 Å². The van der Waals surface area contributed by atoms with Crippen molar-refractivity contribution < 1.29 is 9.53 Å². The van der Waals surface area contributed by atoms with Gasteiger partial charge in [-0.1, -0.05) is 24.3 Å². The van der Waals surface area contributed by atoms with Crippen molar-refractivity contribution in [3.8, 4) is 0 Å². The second kappa shape index (κ2) is 4.58. The van der Waals surface area contributed by atoms with E-state index in [0.29, 0.717) is 12.5 Å². The molecule has 0 spiro atoms. The van der Waals surface area contributed by atoms with E-state index in [1.807, 2.05) is 24.3 Å². The molecular weight excluding hydrogens is 188 g/mol. The van der Waals surface area contributed by atoms with E-state index in [9.17, 15) is 4.79 Å². The molecule has 0 atom stereocenters. The summed E-state index contributed by atoms with van der Waals surface area (Å²) in [4.78, 5) is 11.7. The number of benzene rings is 1. The molecular formula is C13H16O2. The summed E-state index contributed by atoms with van der Waals surface area (Å²) in [6.45, 7) is 0.608. The van der Waals surface area contributed by atoms with Gasteiger partial charge < -0.3 is 4.74 Å². The molecule has 1 aliphatic carbocycles. The fourth-order valence-corrected chi connectivity index (χ4v) is 1.66. The highest BCUT2D eigenvalue weighted by Crippen LogP contribution is 2.33. The molecule has 1 fully saturated rings. The lowest BCUT2D eigenvalue weighted by molar-refractivity contribution is 0.0976. The zero-order valence-electron chi connectivity index (χ0n) is 9.03. The highest BCUT2D eigenvalue weighted by atomic mass is 16.5. The van der Waals surface area contributed by atoms with Crippen molar-refractivity contribution in [2.45, 2.75) is 25.9 Å². The molecule has 0 heterocycles. The van der Waals surface area contributed by atoms with Gasteiger partial charge >= 0.3 is 0 Å². The topological polar surface area (TPSA) is 26.3 Å². The van der Waals surface area contributed by atoms with E-state index in [4.69, 9.17) is 4.74 Å². The molecule has 1 aromatic rings. The summed E-state index contributed by atoms with van der Waals surface area (Å²) in [5, 5.41) is 0. The van der Waals surface area contributed by atoms with Gasteiger partial charge in [0.1, 0.15) is 0 Å². The Bertz CT molecular complexity index is 336. The molecule has 0 saturated heterocycles. The summed E-state index contributed by atoms with van der Waals surface area (Å²) in [5.41, 5.74) is 1.95. The molecule has 0 bridgehead atoms. The van der Waals surface area contributed by atoms with E-state index in [1.54, 1.807) is 7.11 Å². The van der Waals surface area contributed by atoms with Crippen LogP contribution in [0.15, 0.2) is 24.3 Å². The van der Waals surface area contributed by atoms with Gasteiger partial charge in [-0.25, -0.2) is 0 Å². The molecule has 2 rings (SSSR count). The van der Waals surface area contributed by atoms with Crippen molar-refractivity contribution in [1.29, 1.82) is 0 Å². The minimum absolute atomic E-state index is 0.279. The van der Waals surface area contributed by atoms with Crippen LogP contribution in [0.4, 0.5) is 0 Å². The maximum Gasteiger partial charge on any atom is 0.163 e. The second-order valence-electron chi connectivity index (χ2n) is 4.20. The Morgan fingerprint density at radius 2 is 2.00 bits per heavy atom. The molecule has 0 N–H and O–H groups in total. The molecule has 0 radical (unpaired) electrons. The van der Waals surface area contributed by atoms with Crippen LogP contribution in [0.2, 0.25) is 0 Å². The summed E-state index contributed by atoms with van der Waals surface area (Å²) < 4.78 is 5.02. The fourth-order valence-electron chi connectivity index (χ4n) is 1.66. The Hall–Kier alpha value is -1.15. The van der Waals surface area contributed by atoms with Crippen LogP contribution < -0.4 is 0 Å². The number of methoxy groups -OCH3 is 1. The van der Waals surface area contributed by atoms with E-state index in [-0.39, 0.29) is 5.78 Å². The number of rotatable bonds is 5. The van der Waals surface area contributed by atoms with Crippen LogP contribution in [0, 0.1) is 5.92 Å². The highest BCUT2D eigenvalue weighted by molar-refractivity contribution is 5.96. The summed E-state index contributed by atoms with van der Waals surface area (Å²) in [6, 6.07) is 7.73. The maximum atomic E-state index is 11.7. The van der Waals surface area contributed by atoms with Crippen molar-refractivity contribution in [2.24, 2.45) is 5.92 Å². The van der Waals surface area contributed by atoms with Gasteiger partial charge in [0.15, 0.2) is 5.78 Å². The smallest absolute Gasteiger partial charge is 0.163 e. The van der Waals surface area contributed by atoms with Crippen LogP contribution in [0.1, 0.15) is 35.2 Å². The maximum absolute atomic E-state index is 11.7. The van der Waals surface area contributed by atoms with E-state index < -0.39 is 0 Å². The van der Waals surface area contributed by atoms with Gasteiger partial charge in [0.05, 0.1) is 6.61 Å². The Morgan fingerprint density at radius 3 is 2.53 bits per heavy atom. The largest absolute Gasteiger partial charge is 0.380 e. The van der Waals surface area contributed by atoms with Gasteiger partial charge in [0, 0.05) is 19.1 Å². The van der Waals surface area contributed by atoms with Gasteiger partial charge in [0.25, 0.3) is 0 Å². The molecule has 80 valence electrons. The standard InChI is InChI=1S/C13H16O2/c1-15-9-11-4-6-12(7-5-11)13(14)8-10-2-3-10/h4-7,10H,2-3,8-9H2,1H3. The molecule has 1 saturated carbocycles. The van der Waals surface area contributed by atoms with Crippen LogP contribution in [0.25, 0.3) is 0 Å². The van der Waals surface area contributed by atoms with E-state index in [0.717, 1.165) is 17.5 Å². The van der Waals surface area contributed by atoms with Crippen LogP contribution in [-0.4, -0.2) is 12.9 Å². The quantitative estimate of drug-likeness (QED) is 0.689. The lowest BCUT2D eigenvalue weighted by atomic mass is 10.0. The van der Waals surface area contributed by atoms with E-state index in [2.05, 4.69) is 0 Å². The number of Topliss-reactive ketones (excluding diaryl/α,β-unsaturated/α-hetero) is 1. The van der Waals surface area contributed by atoms with Crippen molar-refractivity contribution in [3.63, 3.8) is 0 Å². The van der Waals surface area contributed by atoms with Crippen LogP contribution in [0.5, 0.6) is 0 Å². The highest BCUT2D eigenvalue weighted by Gasteiger charge is 2.24. The molecule has 1 aromatic carbocycles. The molecule has 15 heavy (non-hydrogen) atoms. The first-order valence-corrected chi connectivity index (χ1v) is 5.40. The number of hydrogen-bond donors (Lipinski definition) is 0. The molecule has 0 amide bonds. The number of hydrogen-bond acceptors (Lipinski definition) is 2. The Kier molecular flexibility index (Phi) is 3.17. The van der Waals surface area contributed by atoms with Gasteiger partial charge in [0.2, 0.25) is 0 Å². The first-order valence-electron chi connectivity index (χ1n) is 5.40. The third-order valence-corrected chi connectivity index (χ3v) is 2.76. The first-order chi connectivity index (χ1) is 7.29. The van der Waals surface area contributed by atoms with Crippen molar-refractivity contribution >= 4 is 5.78 Å². The number of carbonyl (C=O) groups is 1. The number of ether oxygens (including phenoxy) is 1. The van der Waals surface area contributed by atoms with Gasteiger partial charge in [-0.15, -0.1) is 0 Å². The minimum atomic E-state index is 0.279. The van der Waals surface area contributed by atoms with Gasteiger partial charge in [-0.05, 0) is 24.3 Å². The lowest BCUT2D eigenvalue weighted by Crippen LogP contribution is -2.00. The van der Waals surface area contributed by atoms with Crippen LogP contribution >= 0.6 is 0 Å². The van der Waals surface area contributed by atoms with Crippen molar-refractivity contribution in [3.05, 3.63) is 35.4 Å². The molecule has 1 aliphatic rings. The number of ketones is 1. The predicted molar refractivity (Wildman–Crippen MR) is 58.8 cm³/mol. The molecule has 0 aliphatic heterocycles. The predicted octanol–water partition coefficient (Wildman–Crippen LogP) is 2.82. The Morgan fingerprint density at radius 1 is 1.33 bits per heavy atom. The lowest BCUT2D eigenvalue weighted by Gasteiger charge is -2.02. The molecule has 0 unspecified atom stereocenters.